The Kier molecular flexibility index (Phi) is 2.32. The summed E-state index contributed by atoms with van der Waals surface area (Å²) in [6, 6.07) is 7.89. The van der Waals surface area contributed by atoms with Crippen molar-refractivity contribution in [3.8, 4) is 0 Å². The number of ether oxygens (including phenoxy) is 1. The van der Waals surface area contributed by atoms with Gasteiger partial charge >= 0.3 is 5.97 Å². The van der Waals surface area contributed by atoms with Crippen LogP contribution >= 0.6 is 0 Å². The van der Waals surface area contributed by atoms with Gasteiger partial charge < -0.3 is 4.74 Å². The van der Waals surface area contributed by atoms with Gasteiger partial charge in [-0.15, -0.1) is 0 Å². The minimum Gasteiger partial charge on any atom is -0.438 e. The van der Waals surface area contributed by atoms with Gasteiger partial charge in [0.2, 0.25) is 15.3 Å². The maximum Gasteiger partial charge on any atom is 0.332 e. The first kappa shape index (κ1) is 9.92. The summed E-state index contributed by atoms with van der Waals surface area (Å²) < 4.78 is 28.3. The van der Waals surface area contributed by atoms with Crippen LogP contribution in [-0.2, 0) is 19.4 Å². The Labute approximate surface area is 87.1 Å². The predicted molar refractivity (Wildman–Crippen MR) is 52.6 cm³/mol. The lowest BCUT2D eigenvalue weighted by Gasteiger charge is -2.09. The Morgan fingerprint density at radius 2 is 1.80 bits per heavy atom. The molecule has 0 fully saturated rings. The van der Waals surface area contributed by atoms with Crippen LogP contribution < -0.4 is 0 Å². The van der Waals surface area contributed by atoms with E-state index in [4.69, 9.17) is 0 Å². The molecule has 1 heterocycles. The molecule has 4 nitrogen and oxygen atoms in total. The summed E-state index contributed by atoms with van der Waals surface area (Å²) in [4.78, 5) is 10.9. The minimum absolute atomic E-state index is 0.148. The van der Waals surface area contributed by atoms with Crippen molar-refractivity contribution in [2.24, 2.45) is 0 Å². The number of hydrogen-bond acceptors (Lipinski definition) is 4. The van der Waals surface area contributed by atoms with E-state index in [9.17, 15) is 13.2 Å². The Morgan fingerprint density at radius 1 is 1.13 bits per heavy atom. The van der Waals surface area contributed by atoms with E-state index in [2.05, 4.69) is 4.74 Å². The highest BCUT2D eigenvalue weighted by Crippen LogP contribution is 2.20. The van der Waals surface area contributed by atoms with Gasteiger partial charge in [-0.05, 0) is 18.2 Å². The molecule has 0 amide bonds. The van der Waals surface area contributed by atoms with Crippen molar-refractivity contribution in [3.05, 3.63) is 42.5 Å². The van der Waals surface area contributed by atoms with Gasteiger partial charge in [-0.25, -0.2) is 13.2 Å². The third kappa shape index (κ3) is 1.78. The molecule has 0 N–H and O–H groups in total. The molecule has 0 radical (unpaired) electrons. The van der Waals surface area contributed by atoms with E-state index >= 15 is 0 Å². The molecule has 1 unspecified atom stereocenters. The molecule has 0 saturated heterocycles. The maximum atomic E-state index is 11.9. The number of hydrogen-bond donors (Lipinski definition) is 0. The van der Waals surface area contributed by atoms with Crippen LogP contribution in [0.3, 0.4) is 0 Å². The Balaban J connectivity index is 2.37. The Morgan fingerprint density at radius 3 is 2.33 bits per heavy atom. The fourth-order valence-corrected chi connectivity index (χ4v) is 2.57. The molecule has 1 aliphatic heterocycles. The van der Waals surface area contributed by atoms with Crippen molar-refractivity contribution in [2.75, 3.05) is 0 Å². The topological polar surface area (TPSA) is 60.4 Å². The monoisotopic (exact) mass is 224 g/mol. The molecule has 5 heteroatoms. The van der Waals surface area contributed by atoms with Crippen molar-refractivity contribution < 1.29 is 17.9 Å². The second kappa shape index (κ2) is 3.51. The molecular formula is C10H8O4S. The van der Waals surface area contributed by atoms with Gasteiger partial charge in [0.05, 0.1) is 4.90 Å². The van der Waals surface area contributed by atoms with Gasteiger partial charge in [-0.1, -0.05) is 18.2 Å². The second-order valence-electron chi connectivity index (χ2n) is 3.02. The number of carbonyl (C=O) groups is 1. The first-order valence-corrected chi connectivity index (χ1v) is 5.83. The van der Waals surface area contributed by atoms with Gasteiger partial charge in [0.25, 0.3) is 0 Å². The molecule has 1 atom stereocenters. The zero-order chi connectivity index (χ0) is 10.9. The number of rotatable bonds is 2. The molecule has 15 heavy (non-hydrogen) atoms. The van der Waals surface area contributed by atoms with Crippen molar-refractivity contribution in [1.82, 2.24) is 0 Å². The first-order valence-electron chi connectivity index (χ1n) is 4.28. The molecule has 0 aromatic heterocycles. The van der Waals surface area contributed by atoms with Crippen LogP contribution in [0.4, 0.5) is 0 Å². The molecule has 0 aliphatic carbocycles. The van der Waals surface area contributed by atoms with Crippen molar-refractivity contribution in [3.63, 3.8) is 0 Å². The first-order chi connectivity index (χ1) is 7.10. The average Bonchev–Trinajstić information content (AvgIpc) is 2.67. The van der Waals surface area contributed by atoms with Crippen LogP contribution in [0.15, 0.2) is 47.4 Å². The number of esters is 1. The Hall–Kier alpha value is -1.62. The summed E-state index contributed by atoms with van der Waals surface area (Å²) in [5.41, 5.74) is -1.19. The van der Waals surface area contributed by atoms with E-state index in [1.807, 2.05) is 0 Å². The van der Waals surface area contributed by atoms with Crippen molar-refractivity contribution in [1.29, 1.82) is 0 Å². The van der Waals surface area contributed by atoms with Crippen LogP contribution in [0.1, 0.15) is 0 Å². The van der Waals surface area contributed by atoms with Crippen LogP contribution in [0, 0.1) is 0 Å². The Bertz CT molecular complexity index is 501. The van der Waals surface area contributed by atoms with Crippen LogP contribution in [0.2, 0.25) is 0 Å². The normalized spacial score (nSPS) is 20.3. The summed E-state index contributed by atoms with van der Waals surface area (Å²) in [6.45, 7) is 0. The summed E-state index contributed by atoms with van der Waals surface area (Å²) in [6.07, 6.45) is 2.36. The fourth-order valence-electron chi connectivity index (χ4n) is 1.26. The van der Waals surface area contributed by atoms with Gasteiger partial charge in [-0.3, -0.25) is 0 Å². The van der Waals surface area contributed by atoms with Crippen LogP contribution in [-0.4, -0.2) is 19.8 Å². The summed E-state index contributed by atoms with van der Waals surface area (Å²) in [5.74, 6) is -0.625. The van der Waals surface area contributed by atoms with E-state index in [0.29, 0.717) is 0 Å². The second-order valence-corrected chi connectivity index (χ2v) is 5.05. The maximum absolute atomic E-state index is 11.9. The highest BCUT2D eigenvalue weighted by molar-refractivity contribution is 7.92. The number of cyclic esters (lactones) is 1. The molecule has 1 aliphatic rings. The lowest BCUT2D eigenvalue weighted by atomic mass is 10.4. The third-order valence-corrected chi connectivity index (χ3v) is 3.79. The highest BCUT2D eigenvalue weighted by atomic mass is 32.2. The van der Waals surface area contributed by atoms with E-state index in [-0.39, 0.29) is 4.90 Å². The third-order valence-electron chi connectivity index (χ3n) is 2.00. The van der Waals surface area contributed by atoms with Gasteiger partial charge in [0, 0.05) is 6.08 Å². The van der Waals surface area contributed by atoms with Gasteiger partial charge in [-0.2, -0.15) is 0 Å². The van der Waals surface area contributed by atoms with Gasteiger partial charge in [0.1, 0.15) is 0 Å². The van der Waals surface area contributed by atoms with Crippen LogP contribution in [0.25, 0.3) is 0 Å². The highest BCUT2D eigenvalue weighted by Gasteiger charge is 2.31. The van der Waals surface area contributed by atoms with E-state index in [1.54, 1.807) is 18.2 Å². The van der Waals surface area contributed by atoms with E-state index in [1.165, 1.54) is 18.2 Å². The number of benzene rings is 1. The molecule has 0 spiro atoms. The number of carbonyl (C=O) groups excluding carboxylic acids is 1. The van der Waals surface area contributed by atoms with Gasteiger partial charge in [0.15, 0.2) is 0 Å². The number of sulfone groups is 1. The summed E-state index contributed by atoms with van der Waals surface area (Å²) in [7, 11) is -3.60. The molecule has 0 saturated carbocycles. The largest absolute Gasteiger partial charge is 0.438 e. The minimum atomic E-state index is -3.60. The van der Waals surface area contributed by atoms with Crippen molar-refractivity contribution in [2.45, 2.75) is 10.3 Å². The lowest BCUT2D eigenvalue weighted by molar-refractivity contribution is -0.136. The lowest BCUT2D eigenvalue weighted by Crippen LogP contribution is -2.20. The predicted octanol–water partition coefficient (Wildman–Crippen LogP) is 0.899. The molecular weight excluding hydrogens is 216 g/mol. The van der Waals surface area contributed by atoms with E-state index in [0.717, 1.165) is 6.08 Å². The molecule has 1 aromatic carbocycles. The molecule has 0 bridgehead atoms. The summed E-state index contributed by atoms with van der Waals surface area (Å²) >= 11 is 0. The van der Waals surface area contributed by atoms with Crippen molar-refractivity contribution >= 4 is 15.8 Å². The zero-order valence-electron chi connectivity index (χ0n) is 7.66. The SMILES string of the molecule is O=C1C=CC(S(=O)(=O)c2ccccc2)O1. The smallest absolute Gasteiger partial charge is 0.332 e. The molecule has 1 aromatic rings. The standard InChI is InChI=1S/C10H8O4S/c11-9-6-7-10(14-9)15(12,13)8-4-2-1-3-5-8/h1-7,10H. The quantitative estimate of drug-likeness (QED) is 0.700. The average molecular weight is 224 g/mol. The zero-order valence-corrected chi connectivity index (χ0v) is 8.48. The molecule has 2 rings (SSSR count). The summed E-state index contributed by atoms with van der Waals surface area (Å²) in [5, 5.41) is 0. The van der Waals surface area contributed by atoms with E-state index < -0.39 is 21.2 Å². The van der Waals surface area contributed by atoms with Crippen LogP contribution in [0.5, 0.6) is 0 Å². The fraction of sp³-hybridized carbons (Fsp3) is 0.100. The molecule has 78 valence electrons.